The number of nitrogens with one attached hydrogen (secondary N) is 1. The van der Waals surface area contributed by atoms with Crippen LogP contribution in [0.3, 0.4) is 0 Å². The van der Waals surface area contributed by atoms with Gasteiger partial charge in [-0.05, 0) is 39.2 Å². The van der Waals surface area contributed by atoms with Crippen molar-refractivity contribution < 1.29 is 0 Å². The molecule has 0 bridgehead atoms. The molecule has 1 aromatic heterocycles. The molecule has 1 rings (SSSR count). The summed E-state index contributed by atoms with van der Waals surface area (Å²) in [6, 6.07) is 4.21. The lowest BCUT2D eigenvalue weighted by molar-refractivity contribution is 0.276. The molecular weight excluding hydrogens is 224 g/mol. The van der Waals surface area contributed by atoms with Crippen LogP contribution in [0.4, 0.5) is 5.82 Å². The smallest absolute Gasteiger partial charge is 0.125 e. The lowest BCUT2D eigenvalue weighted by Gasteiger charge is -2.19. The predicted molar refractivity (Wildman–Crippen MR) is 77.9 cm³/mol. The first-order valence-corrected chi connectivity index (χ1v) is 6.64. The van der Waals surface area contributed by atoms with Gasteiger partial charge in [-0.3, -0.25) is 0 Å². The fourth-order valence-corrected chi connectivity index (χ4v) is 1.64. The van der Waals surface area contributed by atoms with E-state index in [0.29, 0.717) is 0 Å². The maximum absolute atomic E-state index is 4.42. The molecule has 4 heteroatoms. The summed E-state index contributed by atoms with van der Waals surface area (Å²) >= 11 is 0. The minimum atomic E-state index is 0.953. The quantitative estimate of drug-likeness (QED) is 0.763. The molecule has 1 N–H and O–H groups in total. The second kappa shape index (κ2) is 8.06. The van der Waals surface area contributed by atoms with E-state index < -0.39 is 0 Å². The van der Waals surface area contributed by atoms with E-state index >= 15 is 0 Å². The van der Waals surface area contributed by atoms with Crippen molar-refractivity contribution in [3.05, 3.63) is 23.9 Å². The first-order valence-electron chi connectivity index (χ1n) is 6.64. The monoisotopic (exact) mass is 250 g/mol. The summed E-state index contributed by atoms with van der Waals surface area (Å²) < 4.78 is 0. The summed E-state index contributed by atoms with van der Waals surface area (Å²) in [6.07, 6.45) is 3.08. The van der Waals surface area contributed by atoms with Gasteiger partial charge in [0.2, 0.25) is 0 Å². The Morgan fingerprint density at radius 3 is 2.50 bits per heavy atom. The molecule has 0 aromatic carbocycles. The molecule has 0 atom stereocenters. The van der Waals surface area contributed by atoms with E-state index in [2.05, 4.69) is 60.3 Å². The predicted octanol–water partition coefficient (Wildman–Crippen LogP) is 1.90. The third-order valence-corrected chi connectivity index (χ3v) is 2.76. The second-order valence-corrected chi connectivity index (χ2v) is 5.02. The van der Waals surface area contributed by atoms with E-state index in [4.69, 9.17) is 0 Å². The highest BCUT2D eigenvalue weighted by molar-refractivity contribution is 5.35. The maximum atomic E-state index is 4.42. The first kappa shape index (κ1) is 14.9. The van der Waals surface area contributed by atoms with Gasteiger partial charge in [0.1, 0.15) is 5.82 Å². The van der Waals surface area contributed by atoms with Crippen molar-refractivity contribution in [1.29, 1.82) is 0 Å². The van der Waals surface area contributed by atoms with Crippen molar-refractivity contribution in [2.45, 2.75) is 19.9 Å². The molecule has 0 saturated carbocycles. The van der Waals surface area contributed by atoms with Crippen LogP contribution in [-0.2, 0) is 6.54 Å². The number of rotatable bonds is 8. The number of hydrogen-bond donors (Lipinski definition) is 1. The average Bonchev–Trinajstić information content (AvgIpc) is 2.35. The van der Waals surface area contributed by atoms with Crippen molar-refractivity contribution in [3.8, 4) is 0 Å². The van der Waals surface area contributed by atoms with E-state index in [1.807, 2.05) is 6.20 Å². The maximum Gasteiger partial charge on any atom is 0.125 e. The van der Waals surface area contributed by atoms with Crippen molar-refractivity contribution in [2.24, 2.45) is 0 Å². The highest BCUT2D eigenvalue weighted by atomic mass is 15.1. The fraction of sp³-hybridized carbons (Fsp3) is 0.643. The number of likely N-dealkylation sites (N-methyl/N-ethyl adjacent to an activating group) is 2. The molecule has 0 saturated heterocycles. The molecular formula is C14H26N4. The zero-order chi connectivity index (χ0) is 13.4. The van der Waals surface area contributed by atoms with Gasteiger partial charge in [0.15, 0.2) is 0 Å². The number of pyridine rings is 1. The second-order valence-electron chi connectivity index (χ2n) is 5.02. The van der Waals surface area contributed by atoms with E-state index in [9.17, 15) is 0 Å². The Hall–Kier alpha value is -1.13. The van der Waals surface area contributed by atoms with Gasteiger partial charge in [0.05, 0.1) is 0 Å². The summed E-state index contributed by atoms with van der Waals surface area (Å²) in [5.41, 5.74) is 1.26. The van der Waals surface area contributed by atoms with Crippen LogP contribution in [0.15, 0.2) is 18.3 Å². The Morgan fingerprint density at radius 1 is 1.17 bits per heavy atom. The van der Waals surface area contributed by atoms with Gasteiger partial charge in [-0.1, -0.05) is 13.0 Å². The summed E-state index contributed by atoms with van der Waals surface area (Å²) in [5, 5.41) is 3.28. The van der Waals surface area contributed by atoms with Gasteiger partial charge < -0.3 is 15.1 Å². The summed E-state index contributed by atoms with van der Waals surface area (Å²) in [4.78, 5) is 8.93. The summed E-state index contributed by atoms with van der Waals surface area (Å²) in [7, 11) is 6.35. The van der Waals surface area contributed by atoms with Crippen LogP contribution < -0.4 is 5.32 Å². The normalized spacial score (nSPS) is 11.2. The molecule has 1 heterocycles. The molecule has 0 radical (unpaired) electrons. The van der Waals surface area contributed by atoms with Crippen molar-refractivity contribution in [3.63, 3.8) is 0 Å². The molecule has 1 aromatic rings. The van der Waals surface area contributed by atoms with Crippen LogP contribution in [-0.4, -0.2) is 55.6 Å². The lowest BCUT2D eigenvalue weighted by Crippen LogP contribution is -2.28. The zero-order valence-corrected chi connectivity index (χ0v) is 12.1. The van der Waals surface area contributed by atoms with Gasteiger partial charge >= 0.3 is 0 Å². The van der Waals surface area contributed by atoms with Gasteiger partial charge in [0, 0.05) is 32.4 Å². The third kappa shape index (κ3) is 5.98. The average molecular weight is 250 g/mol. The summed E-state index contributed by atoms with van der Waals surface area (Å²) in [5.74, 6) is 0.969. The number of aromatic nitrogens is 1. The van der Waals surface area contributed by atoms with Gasteiger partial charge in [-0.15, -0.1) is 0 Å². The molecule has 0 unspecified atom stereocenters. The third-order valence-electron chi connectivity index (χ3n) is 2.76. The number of anilines is 1. The molecule has 0 amide bonds. The van der Waals surface area contributed by atoms with Crippen LogP contribution in [0.1, 0.15) is 18.9 Å². The topological polar surface area (TPSA) is 31.4 Å². The fourth-order valence-electron chi connectivity index (χ4n) is 1.64. The van der Waals surface area contributed by atoms with Gasteiger partial charge in [0.25, 0.3) is 0 Å². The van der Waals surface area contributed by atoms with E-state index in [0.717, 1.165) is 38.4 Å². The standard InChI is InChI=1S/C14H26N4/c1-5-8-15-14-7-6-13(11-16-14)12-18(4)10-9-17(2)3/h6-7,11H,5,8-10,12H2,1-4H3,(H,15,16). The summed E-state index contributed by atoms with van der Waals surface area (Å²) in [6.45, 7) is 6.24. The molecule has 18 heavy (non-hydrogen) atoms. The molecule has 4 nitrogen and oxygen atoms in total. The largest absolute Gasteiger partial charge is 0.370 e. The van der Waals surface area contributed by atoms with E-state index in [1.165, 1.54) is 5.56 Å². The van der Waals surface area contributed by atoms with Gasteiger partial charge in [-0.25, -0.2) is 4.98 Å². The highest BCUT2D eigenvalue weighted by Gasteiger charge is 2.01. The van der Waals surface area contributed by atoms with Crippen molar-refractivity contribution >= 4 is 5.82 Å². The van der Waals surface area contributed by atoms with Crippen LogP contribution in [0.5, 0.6) is 0 Å². The minimum Gasteiger partial charge on any atom is -0.370 e. The zero-order valence-electron chi connectivity index (χ0n) is 12.1. The Morgan fingerprint density at radius 2 is 1.94 bits per heavy atom. The Balaban J connectivity index is 2.38. The van der Waals surface area contributed by atoms with Gasteiger partial charge in [-0.2, -0.15) is 0 Å². The number of hydrogen-bond acceptors (Lipinski definition) is 4. The lowest BCUT2D eigenvalue weighted by atomic mass is 10.2. The molecule has 102 valence electrons. The van der Waals surface area contributed by atoms with Crippen molar-refractivity contribution in [1.82, 2.24) is 14.8 Å². The Labute approximate surface area is 111 Å². The SMILES string of the molecule is CCCNc1ccc(CN(C)CCN(C)C)cn1. The molecule has 0 aliphatic rings. The molecule has 0 aliphatic carbocycles. The van der Waals surface area contributed by atoms with Crippen LogP contribution in [0, 0.1) is 0 Å². The highest BCUT2D eigenvalue weighted by Crippen LogP contribution is 2.07. The Bertz CT molecular complexity index is 321. The van der Waals surface area contributed by atoms with E-state index in [1.54, 1.807) is 0 Å². The van der Waals surface area contributed by atoms with Crippen LogP contribution >= 0.6 is 0 Å². The van der Waals surface area contributed by atoms with Crippen LogP contribution in [0.25, 0.3) is 0 Å². The molecule has 0 aliphatic heterocycles. The molecule has 0 fully saturated rings. The number of nitrogens with zero attached hydrogens (tertiary/aromatic N) is 3. The minimum absolute atomic E-state index is 0.953. The Kier molecular flexibility index (Phi) is 6.68. The first-order chi connectivity index (χ1) is 8.61. The van der Waals surface area contributed by atoms with Crippen molar-refractivity contribution in [2.75, 3.05) is 46.1 Å². The molecule has 0 spiro atoms. The van der Waals surface area contributed by atoms with E-state index in [-0.39, 0.29) is 0 Å². The van der Waals surface area contributed by atoms with Crippen LogP contribution in [0.2, 0.25) is 0 Å².